The van der Waals surface area contributed by atoms with Crippen LogP contribution in [0.2, 0.25) is 0 Å². The van der Waals surface area contributed by atoms with Crippen LogP contribution in [-0.2, 0) is 6.04 Å². The van der Waals surface area contributed by atoms with Gasteiger partial charge in [0.25, 0.3) is 0 Å². The van der Waals surface area contributed by atoms with Crippen molar-refractivity contribution in [1.29, 1.82) is 0 Å². The Morgan fingerprint density at radius 2 is 1.59 bits per heavy atom. The van der Waals surface area contributed by atoms with Crippen LogP contribution in [-0.4, -0.2) is 14.3 Å². The smallest absolute Gasteiger partial charge is 0.0354 e. The highest BCUT2D eigenvalue weighted by molar-refractivity contribution is 6.63. The standard InChI is InChI=1S/C21H17Si/c1-15-13-20-18-10-6-5-9-17(18)11-12-19(20)21(15)22-14-16-7-3-2-4-8-16/h2-13H,14H2,1H3. The highest BCUT2D eigenvalue weighted by Gasteiger charge is 2.17. The van der Waals surface area contributed by atoms with Gasteiger partial charge < -0.3 is 0 Å². The lowest BCUT2D eigenvalue weighted by Gasteiger charge is -2.07. The summed E-state index contributed by atoms with van der Waals surface area (Å²) in [4.78, 5) is 0. The van der Waals surface area contributed by atoms with Gasteiger partial charge in [-0.25, -0.2) is 0 Å². The van der Waals surface area contributed by atoms with Crippen molar-refractivity contribution in [2.45, 2.75) is 13.0 Å². The van der Waals surface area contributed by atoms with Gasteiger partial charge in [-0.1, -0.05) is 72.8 Å². The topological polar surface area (TPSA) is 0 Å². The van der Waals surface area contributed by atoms with E-state index in [4.69, 9.17) is 0 Å². The third kappa shape index (κ3) is 2.28. The lowest BCUT2D eigenvalue weighted by molar-refractivity contribution is 1.40. The van der Waals surface area contributed by atoms with Crippen LogP contribution in [0.1, 0.15) is 23.6 Å². The summed E-state index contributed by atoms with van der Waals surface area (Å²) in [5, 5.41) is 4.24. The molecular formula is C21H17Si. The van der Waals surface area contributed by atoms with Gasteiger partial charge in [0.1, 0.15) is 0 Å². The average Bonchev–Trinajstić information content (AvgIpc) is 2.90. The van der Waals surface area contributed by atoms with Gasteiger partial charge >= 0.3 is 0 Å². The van der Waals surface area contributed by atoms with E-state index in [9.17, 15) is 0 Å². The van der Waals surface area contributed by atoms with E-state index in [2.05, 4.69) is 79.7 Å². The summed E-state index contributed by atoms with van der Waals surface area (Å²) in [6.45, 7) is 2.25. The van der Waals surface area contributed by atoms with Crippen molar-refractivity contribution in [2.24, 2.45) is 0 Å². The van der Waals surface area contributed by atoms with Crippen LogP contribution in [0, 0.1) is 0 Å². The van der Waals surface area contributed by atoms with Crippen molar-refractivity contribution in [1.82, 2.24) is 0 Å². The van der Waals surface area contributed by atoms with Gasteiger partial charge in [0.05, 0.1) is 0 Å². The fourth-order valence-electron chi connectivity index (χ4n) is 3.19. The average molecular weight is 297 g/mol. The lowest BCUT2D eigenvalue weighted by Crippen LogP contribution is -2.07. The van der Waals surface area contributed by atoms with E-state index in [0.717, 1.165) is 15.2 Å². The molecule has 1 aliphatic carbocycles. The van der Waals surface area contributed by atoms with Crippen LogP contribution in [0.4, 0.5) is 0 Å². The van der Waals surface area contributed by atoms with Crippen LogP contribution in [0.25, 0.3) is 16.8 Å². The molecule has 22 heavy (non-hydrogen) atoms. The largest absolute Gasteiger partial charge is 0.0622 e. The van der Waals surface area contributed by atoms with E-state index in [1.54, 1.807) is 0 Å². The van der Waals surface area contributed by atoms with Crippen LogP contribution in [0.5, 0.6) is 0 Å². The monoisotopic (exact) mass is 297 g/mol. The maximum Gasteiger partial charge on any atom is 0.0354 e. The van der Waals surface area contributed by atoms with E-state index in [-0.39, 0.29) is 0 Å². The molecule has 3 aromatic rings. The van der Waals surface area contributed by atoms with E-state index < -0.39 is 0 Å². The first-order valence-electron chi connectivity index (χ1n) is 7.68. The minimum Gasteiger partial charge on any atom is -0.0622 e. The van der Waals surface area contributed by atoms with Crippen molar-refractivity contribution in [2.75, 3.05) is 0 Å². The summed E-state index contributed by atoms with van der Waals surface area (Å²) in [5.41, 5.74) is 5.70. The Morgan fingerprint density at radius 1 is 0.818 bits per heavy atom. The Balaban J connectivity index is 1.79. The molecule has 0 amide bonds. The zero-order valence-electron chi connectivity index (χ0n) is 12.6. The molecule has 0 spiro atoms. The molecule has 0 nitrogen and oxygen atoms in total. The van der Waals surface area contributed by atoms with Crippen molar-refractivity contribution in [3.8, 4) is 0 Å². The van der Waals surface area contributed by atoms with Gasteiger partial charge in [0.2, 0.25) is 0 Å². The van der Waals surface area contributed by atoms with Gasteiger partial charge in [0.15, 0.2) is 0 Å². The molecule has 1 heteroatoms. The highest BCUT2D eigenvalue weighted by atomic mass is 28.2. The Kier molecular flexibility index (Phi) is 3.36. The van der Waals surface area contributed by atoms with Crippen LogP contribution in [0.15, 0.2) is 72.3 Å². The Morgan fingerprint density at radius 3 is 2.45 bits per heavy atom. The minimum atomic E-state index is 0.830. The second kappa shape index (κ2) is 5.51. The minimum absolute atomic E-state index is 0.830. The number of benzene rings is 3. The molecule has 3 aromatic carbocycles. The molecule has 0 bridgehead atoms. The van der Waals surface area contributed by atoms with Gasteiger partial charge in [0, 0.05) is 9.13 Å². The zero-order valence-corrected chi connectivity index (χ0v) is 13.6. The Hall–Kier alpha value is -2.25. The summed E-state index contributed by atoms with van der Waals surface area (Å²) in [7, 11) is 0.830. The molecule has 0 saturated carbocycles. The third-order valence-electron chi connectivity index (χ3n) is 4.31. The lowest BCUT2D eigenvalue weighted by atomic mass is 10.0. The molecule has 0 aromatic heterocycles. The second-order valence-electron chi connectivity index (χ2n) is 5.79. The van der Waals surface area contributed by atoms with Gasteiger partial charge in [-0.15, -0.1) is 0 Å². The van der Waals surface area contributed by atoms with Gasteiger partial charge in [-0.3, -0.25) is 0 Å². The third-order valence-corrected chi connectivity index (χ3v) is 5.91. The molecule has 1 radical (unpaired) electrons. The fraction of sp³-hybridized carbons (Fsp3) is 0.0952. The summed E-state index contributed by atoms with van der Waals surface area (Å²) in [6, 6.07) is 25.2. The second-order valence-corrected chi connectivity index (χ2v) is 7.00. The molecule has 0 saturated heterocycles. The maximum atomic E-state index is 2.37. The molecule has 0 N–H and O–H groups in total. The molecule has 0 heterocycles. The first-order chi connectivity index (χ1) is 10.8. The van der Waals surface area contributed by atoms with Crippen LogP contribution < -0.4 is 0 Å². The number of hydrogen-bond donors (Lipinski definition) is 0. The SMILES string of the molecule is CC1=Cc2c(ccc3ccccc23)C1=[Si]Cc1ccccc1. The molecule has 0 fully saturated rings. The van der Waals surface area contributed by atoms with Crippen molar-refractivity contribution in [3.63, 3.8) is 0 Å². The predicted molar refractivity (Wildman–Crippen MR) is 97.6 cm³/mol. The number of hydrogen-bond acceptors (Lipinski definition) is 0. The summed E-state index contributed by atoms with van der Waals surface area (Å²) >= 11 is 0. The first-order valence-corrected chi connectivity index (χ1v) is 8.89. The zero-order chi connectivity index (χ0) is 14.9. The van der Waals surface area contributed by atoms with E-state index >= 15 is 0 Å². The molecule has 4 rings (SSSR count). The molecule has 0 unspecified atom stereocenters. The number of allylic oxidation sites excluding steroid dienone is 1. The predicted octanol–water partition coefficient (Wildman–Crippen LogP) is 4.68. The summed E-state index contributed by atoms with van der Waals surface area (Å²) in [6.07, 6.45) is 2.37. The Labute approximate surface area is 133 Å². The summed E-state index contributed by atoms with van der Waals surface area (Å²) in [5.74, 6) is 0. The van der Waals surface area contributed by atoms with Crippen LogP contribution >= 0.6 is 0 Å². The number of rotatable bonds is 2. The van der Waals surface area contributed by atoms with Gasteiger partial charge in [-0.05, 0) is 51.2 Å². The highest BCUT2D eigenvalue weighted by Crippen LogP contribution is 2.31. The first kappa shape index (κ1) is 13.4. The van der Waals surface area contributed by atoms with E-state index in [1.807, 2.05) is 0 Å². The van der Waals surface area contributed by atoms with E-state index in [0.29, 0.717) is 0 Å². The normalized spacial score (nSPS) is 15.1. The van der Waals surface area contributed by atoms with E-state index in [1.165, 1.54) is 38.2 Å². The molecule has 0 atom stereocenters. The summed E-state index contributed by atoms with van der Waals surface area (Å²) < 4.78 is 0. The molecule has 105 valence electrons. The molecular weight excluding hydrogens is 280 g/mol. The van der Waals surface area contributed by atoms with Crippen molar-refractivity contribution >= 4 is 31.1 Å². The maximum absolute atomic E-state index is 2.37. The molecule has 1 aliphatic rings. The molecule has 0 aliphatic heterocycles. The van der Waals surface area contributed by atoms with Crippen molar-refractivity contribution in [3.05, 3.63) is 89.0 Å². The number of fused-ring (bicyclic) bond motifs is 3. The van der Waals surface area contributed by atoms with Gasteiger partial charge in [-0.2, -0.15) is 0 Å². The quantitative estimate of drug-likeness (QED) is 0.602. The Bertz CT molecular complexity index is 902. The fourth-order valence-corrected chi connectivity index (χ4v) is 4.57. The van der Waals surface area contributed by atoms with Crippen molar-refractivity contribution < 1.29 is 0 Å². The van der Waals surface area contributed by atoms with Crippen LogP contribution in [0.3, 0.4) is 0 Å².